The number of fused-ring (bicyclic) bond motifs is 1. The summed E-state index contributed by atoms with van der Waals surface area (Å²) in [5.41, 5.74) is 0.826. The Morgan fingerprint density at radius 3 is 2.83 bits per heavy atom. The molecule has 0 N–H and O–H groups in total. The van der Waals surface area contributed by atoms with E-state index in [1.165, 1.54) is 6.20 Å². The molecule has 0 saturated carbocycles. The second-order valence-corrected chi connectivity index (χ2v) is 5.10. The fourth-order valence-electron chi connectivity index (χ4n) is 1.55. The summed E-state index contributed by atoms with van der Waals surface area (Å²) in [5, 5.41) is 1.24. The maximum atomic E-state index is 11.7. The van der Waals surface area contributed by atoms with E-state index in [1.807, 2.05) is 0 Å². The molecule has 0 aliphatic rings. The normalized spacial score (nSPS) is 10.7. The second kappa shape index (κ2) is 5.43. The molecule has 0 aliphatic carbocycles. The Labute approximate surface area is 122 Å². The molecule has 6 heteroatoms. The van der Waals surface area contributed by atoms with Gasteiger partial charge in [-0.2, -0.15) is 0 Å². The lowest BCUT2D eigenvalue weighted by Crippen LogP contribution is -2.06. The van der Waals surface area contributed by atoms with Crippen LogP contribution in [0.5, 0.6) is 0 Å². The summed E-state index contributed by atoms with van der Waals surface area (Å²) in [5.74, 6) is -0.507. The topological polar surface area (TPSA) is 39.2 Å². The molecule has 0 fully saturated rings. The Morgan fingerprint density at radius 2 is 2.17 bits per heavy atom. The first-order valence-electron chi connectivity index (χ1n) is 5.15. The quantitative estimate of drug-likeness (QED) is 0.751. The smallest absolute Gasteiger partial charge is 0.341 e. The molecule has 0 radical (unpaired) electrons. The van der Waals surface area contributed by atoms with Crippen LogP contribution in [0, 0.1) is 0 Å². The first kappa shape index (κ1) is 13.6. The van der Waals surface area contributed by atoms with Crippen molar-refractivity contribution in [3.05, 3.63) is 38.4 Å². The predicted octanol–water partition coefficient (Wildman–Crippen LogP) is 4.48. The highest BCUT2D eigenvalue weighted by molar-refractivity contribution is 9.10. The Morgan fingerprint density at radius 1 is 1.44 bits per heavy atom. The Bertz CT molecular complexity index is 631. The highest BCUT2D eigenvalue weighted by atomic mass is 79.9. The molecule has 1 aromatic heterocycles. The van der Waals surface area contributed by atoms with Gasteiger partial charge in [0.05, 0.1) is 27.7 Å². The van der Waals surface area contributed by atoms with Crippen LogP contribution < -0.4 is 0 Å². The van der Waals surface area contributed by atoms with E-state index in [0.29, 0.717) is 15.9 Å². The van der Waals surface area contributed by atoms with Gasteiger partial charge in [-0.3, -0.25) is 4.98 Å². The number of benzene rings is 1. The van der Waals surface area contributed by atoms with E-state index in [0.717, 1.165) is 4.47 Å². The van der Waals surface area contributed by atoms with Gasteiger partial charge in [-0.05, 0) is 35.0 Å². The molecule has 2 aromatic rings. The molecule has 0 amide bonds. The number of hydrogen-bond donors (Lipinski definition) is 0. The van der Waals surface area contributed by atoms with Gasteiger partial charge < -0.3 is 4.74 Å². The molecule has 1 aromatic carbocycles. The van der Waals surface area contributed by atoms with Crippen molar-refractivity contribution in [3.8, 4) is 0 Å². The van der Waals surface area contributed by atoms with E-state index in [-0.39, 0.29) is 17.2 Å². The summed E-state index contributed by atoms with van der Waals surface area (Å²) in [4.78, 5) is 15.9. The van der Waals surface area contributed by atoms with Crippen LogP contribution >= 0.6 is 39.1 Å². The first-order chi connectivity index (χ1) is 8.56. The number of ether oxygens (including phenoxy) is 1. The van der Waals surface area contributed by atoms with E-state index < -0.39 is 5.97 Å². The average Bonchev–Trinajstić information content (AvgIpc) is 2.34. The molecule has 1 heterocycles. The van der Waals surface area contributed by atoms with E-state index in [2.05, 4.69) is 20.9 Å². The molecule has 0 bridgehead atoms. The summed E-state index contributed by atoms with van der Waals surface area (Å²) < 4.78 is 5.67. The van der Waals surface area contributed by atoms with E-state index >= 15 is 0 Å². The Balaban J connectivity index is 2.71. The van der Waals surface area contributed by atoms with Gasteiger partial charge in [0.25, 0.3) is 0 Å². The van der Waals surface area contributed by atoms with E-state index in [4.69, 9.17) is 27.9 Å². The van der Waals surface area contributed by atoms with Crippen molar-refractivity contribution in [2.24, 2.45) is 0 Å². The van der Waals surface area contributed by atoms with Crippen LogP contribution in [0.25, 0.3) is 10.9 Å². The van der Waals surface area contributed by atoms with E-state index in [9.17, 15) is 4.79 Å². The van der Waals surface area contributed by atoms with Crippen LogP contribution in [-0.2, 0) is 4.74 Å². The van der Waals surface area contributed by atoms with Crippen LogP contribution in [0.2, 0.25) is 10.0 Å². The third kappa shape index (κ3) is 2.32. The largest absolute Gasteiger partial charge is 0.462 e. The second-order valence-electron chi connectivity index (χ2n) is 3.46. The monoisotopic (exact) mass is 347 g/mol. The van der Waals surface area contributed by atoms with Gasteiger partial charge in [0, 0.05) is 16.1 Å². The lowest BCUT2D eigenvalue weighted by atomic mass is 10.1. The molecule has 0 spiro atoms. The van der Waals surface area contributed by atoms with Gasteiger partial charge in [-0.25, -0.2) is 4.79 Å². The summed E-state index contributed by atoms with van der Waals surface area (Å²) in [7, 11) is 0. The number of carbonyl (C=O) groups is 1. The Kier molecular flexibility index (Phi) is 4.10. The SMILES string of the molecule is CCOC(=O)c1cnc2c(Br)ccc(Cl)c2c1Cl. The molecular formula is C12H8BrCl2NO2. The number of hydrogen-bond acceptors (Lipinski definition) is 3. The number of pyridine rings is 1. The fourth-order valence-corrected chi connectivity index (χ4v) is 2.59. The van der Waals surface area contributed by atoms with Crippen LogP contribution in [0.4, 0.5) is 0 Å². The van der Waals surface area contributed by atoms with Crippen molar-refractivity contribution < 1.29 is 9.53 Å². The Hall–Kier alpha value is -0.840. The number of nitrogens with zero attached hydrogens (tertiary/aromatic N) is 1. The summed E-state index contributed by atoms with van der Waals surface area (Å²) >= 11 is 15.7. The van der Waals surface area contributed by atoms with Gasteiger partial charge in [-0.15, -0.1) is 0 Å². The average molecular weight is 349 g/mol. The van der Waals surface area contributed by atoms with Crippen LogP contribution in [0.15, 0.2) is 22.8 Å². The summed E-state index contributed by atoms with van der Waals surface area (Å²) in [6.45, 7) is 2.00. The third-order valence-electron chi connectivity index (χ3n) is 2.35. The number of carbonyl (C=O) groups excluding carboxylic acids is 1. The molecule has 18 heavy (non-hydrogen) atoms. The first-order valence-corrected chi connectivity index (χ1v) is 6.70. The minimum absolute atomic E-state index is 0.214. The summed E-state index contributed by atoms with van der Waals surface area (Å²) in [6, 6.07) is 3.47. The fraction of sp³-hybridized carbons (Fsp3) is 0.167. The molecule has 0 saturated heterocycles. The highest BCUT2D eigenvalue weighted by Gasteiger charge is 2.17. The standard InChI is InChI=1S/C12H8BrCl2NO2/c1-2-18-12(17)6-5-16-11-7(13)3-4-8(14)9(11)10(6)15/h3-5H,2H2,1H3. The molecule has 2 rings (SSSR count). The molecule has 3 nitrogen and oxygen atoms in total. The van der Waals surface area contributed by atoms with Crippen molar-refractivity contribution in [2.45, 2.75) is 6.92 Å². The van der Waals surface area contributed by atoms with Crippen molar-refractivity contribution in [3.63, 3.8) is 0 Å². The highest BCUT2D eigenvalue weighted by Crippen LogP contribution is 2.35. The van der Waals surface area contributed by atoms with Crippen molar-refractivity contribution >= 4 is 56.0 Å². The zero-order valence-electron chi connectivity index (χ0n) is 9.34. The lowest BCUT2D eigenvalue weighted by molar-refractivity contribution is 0.0526. The maximum Gasteiger partial charge on any atom is 0.341 e. The lowest BCUT2D eigenvalue weighted by Gasteiger charge is -2.08. The maximum absolute atomic E-state index is 11.7. The zero-order chi connectivity index (χ0) is 13.3. The van der Waals surface area contributed by atoms with Gasteiger partial charge in [0.15, 0.2) is 0 Å². The molecule has 94 valence electrons. The number of halogens is 3. The molecule has 0 aliphatic heterocycles. The van der Waals surface area contributed by atoms with Gasteiger partial charge in [-0.1, -0.05) is 23.2 Å². The van der Waals surface area contributed by atoms with Crippen molar-refractivity contribution in [1.29, 1.82) is 0 Å². The van der Waals surface area contributed by atoms with Crippen LogP contribution in [0.1, 0.15) is 17.3 Å². The van der Waals surface area contributed by atoms with Crippen molar-refractivity contribution in [2.75, 3.05) is 6.61 Å². The number of rotatable bonds is 2. The molecule has 0 atom stereocenters. The molecular weight excluding hydrogens is 341 g/mol. The zero-order valence-corrected chi connectivity index (χ0v) is 12.4. The van der Waals surface area contributed by atoms with Crippen LogP contribution in [0.3, 0.4) is 0 Å². The summed E-state index contributed by atoms with van der Waals surface area (Å²) in [6.07, 6.45) is 1.39. The van der Waals surface area contributed by atoms with E-state index in [1.54, 1.807) is 19.1 Å². The number of esters is 1. The van der Waals surface area contributed by atoms with Crippen LogP contribution in [-0.4, -0.2) is 17.6 Å². The van der Waals surface area contributed by atoms with Gasteiger partial charge >= 0.3 is 5.97 Å². The van der Waals surface area contributed by atoms with Gasteiger partial charge in [0.2, 0.25) is 0 Å². The predicted molar refractivity (Wildman–Crippen MR) is 75.4 cm³/mol. The minimum Gasteiger partial charge on any atom is -0.462 e. The minimum atomic E-state index is -0.507. The number of aromatic nitrogens is 1. The van der Waals surface area contributed by atoms with Crippen molar-refractivity contribution in [1.82, 2.24) is 4.98 Å². The van der Waals surface area contributed by atoms with Gasteiger partial charge in [0.1, 0.15) is 0 Å². The third-order valence-corrected chi connectivity index (χ3v) is 3.70. The molecule has 0 unspecified atom stereocenters.